The third-order valence-electron chi connectivity index (χ3n) is 3.00. The van der Waals surface area contributed by atoms with E-state index in [1.165, 1.54) is 6.07 Å². The van der Waals surface area contributed by atoms with Gasteiger partial charge in [0.1, 0.15) is 5.82 Å². The fourth-order valence-electron chi connectivity index (χ4n) is 1.99. The van der Waals surface area contributed by atoms with Gasteiger partial charge < -0.3 is 14.6 Å². The molecule has 1 N–H and O–H groups in total. The van der Waals surface area contributed by atoms with Crippen LogP contribution in [0, 0.1) is 5.82 Å². The Kier molecular flexibility index (Phi) is 8.90. The van der Waals surface area contributed by atoms with Crippen LogP contribution in [0.4, 0.5) is 4.39 Å². The van der Waals surface area contributed by atoms with Crippen molar-refractivity contribution in [3.05, 3.63) is 34.6 Å². The molecular formula is C16H25ClFNO3. The Morgan fingerprint density at radius 3 is 2.68 bits per heavy atom. The molecule has 0 bridgehead atoms. The first-order chi connectivity index (χ1) is 10.4. The number of likely N-dealkylation sites (N-methyl/N-ethyl adjacent to an activating group) is 1. The lowest BCUT2D eigenvalue weighted by Crippen LogP contribution is -2.32. The quantitative estimate of drug-likeness (QED) is 0.668. The Bertz CT molecular complexity index is 425. The molecule has 1 aromatic rings. The SMILES string of the molecule is CC(C)OCCOC[C@@H](O)CN(C)Cc1c(F)cccc1Cl. The van der Waals surface area contributed by atoms with E-state index in [4.69, 9.17) is 21.1 Å². The van der Waals surface area contributed by atoms with E-state index in [9.17, 15) is 9.50 Å². The van der Waals surface area contributed by atoms with Gasteiger partial charge in [-0.2, -0.15) is 0 Å². The Morgan fingerprint density at radius 1 is 1.32 bits per heavy atom. The highest BCUT2D eigenvalue weighted by molar-refractivity contribution is 6.31. The predicted octanol–water partition coefficient (Wildman–Crippen LogP) is 2.71. The second kappa shape index (κ2) is 10.1. The molecule has 1 rings (SSSR count). The fourth-order valence-corrected chi connectivity index (χ4v) is 2.22. The zero-order valence-electron chi connectivity index (χ0n) is 13.4. The number of hydrogen-bond acceptors (Lipinski definition) is 4. The lowest BCUT2D eigenvalue weighted by molar-refractivity contribution is -0.0174. The summed E-state index contributed by atoms with van der Waals surface area (Å²) in [5.41, 5.74) is 0.435. The van der Waals surface area contributed by atoms with Gasteiger partial charge in [-0.25, -0.2) is 4.39 Å². The van der Waals surface area contributed by atoms with Crippen molar-refractivity contribution in [1.82, 2.24) is 4.90 Å². The Balaban J connectivity index is 2.28. The molecule has 0 aliphatic rings. The lowest BCUT2D eigenvalue weighted by atomic mass is 10.2. The van der Waals surface area contributed by atoms with E-state index < -0.39 is 6.10 Å². The molecule has 0 aliphatic carbocycles. The van der Waals surface area contributed by atoms with Crippen LogP contribution < -0.4 is 0 Å². The van der Waals surface area contributed by atoms with E-state index in [0.717, 1.165) is 0 Å². The summed E-state index contributed by atoms with van der Waals surface area (Å²) in [6, 6.07) is 4.61. The maximum atomic E-state index is 13.7. The molecule has 22 heavy (non-hydrogen) atoms. The zero-order valence-corrected chi connectivity index (χ0v) is 14.1. The van der Waals surface area contributed by atoms with Crippen LogP contribution >= 0.6 is 11.6 Å². The second-order valence-corrected chi connectivity index (χ2v) is 5.95. The van der Waals surface area contributed by atoms with Crippen LogP contribution in [0.25, 0.3) is 0 Å². The molecule has 0 saturated heterocycles. The van der Waals surface area contributed by atoms with E-state index in [1.807, 2.05) is 18.7 Å². The monoisotopic (exact) mass is 333 g/mol. The number of halogens is 2. The summed E-state index contributed by atoms with van der Waals surface area (Å²) >= 11 is 5.99. The van der Waals surface area contributed by atoms with E-state index in [2.05, 4.69) is 0 Å². The molecule has 0 unspecified atom stereocenters. The first kappa shape index (κ1) is 19.3. The van der Waals surface area contributed by atoms with Gasteiger partial charge >= 0.3 is 0 Å². The summed E-state index contributed by atoms with van der Waals surface area (Å²) in [4.78, 5) is 1.81. The van der Waals surface area contributed by atoms with Crippen LogP contribution in [0.2, 0.25) is 5.02 Å². The molecule has 126 valence electrons. The van der Waals surface area contributed by atoms with Gasteiger partial charge in [0.15, 0.2) is 0 Å². The van der Waals surface area contributed by atoms with Crippen molar-refractivity contribution in [3.8, 4) is 0 Å². The average molecular weight is 334 g/mol. The first-order valence-corrected chi connectivity index (χ1v) is 7.76. The minimum atomic E-state index is -0.644. The summed E-state index contributed by atoms with van der Waals surface area (Å²) in [6.45, 7) is 5.78. The van der Waals surface area contributed by atoms with E-state index in [-0.39, 0.29) is 18.5 Å². The fraction of sp³-hybridized carbons (Fsp3) is 0.625. The van der Waals surface area contributed by atoms with Gasteiger partial charge in [0.05, 0.1) is 32.0 Å². The van der Waals surface area contributed by atoms with Crippen molar-refractivity contribution in [3.63, 3.8) is 0 Å². The number of benzene rings is 1. The molecule has 4 nitrogen and oxygen atoms in total. The molecular weight excluding hydrogens is 309 g/mol. The molecule has 0 radical (unpaired) electrons. The van der Waals surface area contributed by atoms with Crippen molar-refractivity contribution < 1.29 is 19.0 Å². The Labute approximate surface area is 136 Å². The van der Waals surface area contributed by atoms with Crippen molar-refractivity contribution in [2.75, 3.05) is 33.4 Å². The highest BCUT2D eigenvalue weighted by atomic mass is 35.5. The van der Waals surface area contributed by atoms with Crippen LogP contribution in [0.1, 0.15) is 19.4 Å². The molecule has 0 amide bonds. The molecule has 0 spiro atoms. The van der Waals surface area contributed by atoms with Crippen LogP contribution in [0.3, 0.4) is 0 Å². The maximum Gasteiger partial charge on any atom is 0.129 e. The number of aliphatic hydroxyl groups excluding tert-OH is 1. The standard InChI is InChI=1S/C16H25ClFNO3/c1-12(2)22-8-7-21-11-13(20)9-19(3)10-14-15(17)5-4-6-16(14)18/h4-6,12-13,20H,7-11H2,1-3H3/t13-/m0/s1. The largest absolute Gasteiger partial charge is 0.389 e. The molecule has 0 saturated carbocycles. The summed E-state index contributed by atoms with van der Waals surface area (Å²) in [6.07, 6.45) is -0.472. The topological polar surface area (TPSA) is 41.9 Å². The molecule has 0 heterocycles. The van der Waals surface area contributed by atoms with Crippen molar-refractivity contribution in [2.45, 2.75) is 32.6 Å². The van der Waals surface area contributed by atoms with Crippen molar-refractivity contribution in [1.29, 1.82) is 0 Å². The number of rotatable bonds is 10. The van der Waals surface area contributed by atoms with E-state index in [0.29, 0.717) is 36.9 Å². The third kappa shape index (κ3) is 7.51. The summed E-state index contributed by atoms with van der Waals surface area (Å²) in [7, 11) is 1.80. The van der Waals surface area contributed by atoms with E-state index in [1.54, 1.807) is 19.2 Å². The smallest absolute Gasteiger partial charge is 0.129 e. The van der Waals surface area contributed by atoms with Gasteiger partial charge in [-0.1, -0.05) is 17.7 Å². The van der Waals surface area contributed by atoms with Gasteiger partial charge in [-0.15, -0.1) is 0 Å². The molecule has 0 aliphatic heterocycles. The lowest BCUT2D eigenvalue weighted by Gasteiger charge is -2.21. The van der Waals surface area contributed by atoms with E-state index >= 15 is 0 Å². The Morgan fingerprint density at radius 2 is 2.05 bits per heavy atom. The second-order valence-electron chi connectivity index (χ2n) is 5.55. The summed E-state index contributed by atoms with van der Waals surface area (Å²) in [5, 5.41) is 10.3. The molecule has 1 aromatic carbocycles. The van der Waals surface area contributed by atoms with Gasteiger partial charge in [-0.05, 0) is 33.0 Å². The first-order valence-electron chi connectivity index (χ1n) is 7.39. The van der Waals surface area contributed by atoms with Gasteiger partial charge in [0, 0.05) is 23.7 Å². The number of hydrogen-bond donors (Lipinski definition) is 1. The van der Waals surface area contributed by atoms with Gasteiger partial charge in [-0.3, -0.25) is 4.90 Å². The molecule has 6 heteroatoms. The molecule has 0 aromatic heterocycles. The number of ether oxygens (including phenoxy) is 2. The minimum absolute atomic E-state index is 0.171. The van der Waals surface area contributed by atoms with Crippen molar-refractivity contribution >= 4 is 11.6 Å². The Hall–Kier alpha value is -0.720. The van der Waals surface area contributed by atoms with Gasteiger partial charge in [0.2, 0.25) is 0 Å². The van der Waals surface area contributed by atoms with Crippen LogP contribution in [-0.2, 0) is 16.0 Å². The summed E-state index contributed by atoms with van der Waals surface area (Å²) in [5.74, 6) is -0.337. The average Bonchev–Trinajstić information content (AvgIpc) is 2.42. The molecule has 1 atom stereocenters. The number of aliphatic hydroxyl groups is 1. The van der Waals surface area contributed by atoms with Gasteiger partial charge in [0.25, 0.3) is 0 Å². The third-order valence-corrected chi connectivity index (χ3v) is 3.36. The summed E-state index contributed by atoms with van der Waals surface area (Å²) < 4.78 is 24.4. The minimum Gasteiger partial charge on any atom is -0.389 e. The van der Waals surface area contributed by atoms with Crippen LogP contribution in [0.15, 0.2) is 18.2 Å². The van der Waals surface area contributed by atoms with Crippen LogP contribution in [0.5, 0.6) is 0 Å². The zero-order chi connectivity index (χ0) is 16.5. The van der Waals surface area contributed by atoms with Crippen molar-refractivity contribution in [2.24, 2.45) is 0 Å². The van der Waals surface area contributed by atoms with Crippen LogP contribution in [-0.4, -0.2) is 55.6 Å². The highest BCUT2D eigenvalue weighted by Crippen LogP contribution is 2.20. The molecule has 0 fully saturated rings. The normalized spacial score (nSPS) is 13.1. The number of nitrogens with zero attached hydrogens (tertiary/aromatic N) is 1. The highest BCUT2D eigenvalue weighted by Gasteiger charge is 2.13. The predicted molar refractivity (Wildman–Crippen MR) is 85.7 cm³/mol. The maximum absolute atomic E-state index is 13.7.